The van der Waals surface area contributed by atoms with E-state index in [0.717, 1.165) is 23.0 Å². The van der Waals surface area contributed by atoms with Crippen LogP contribution in [0.15, 0.2) is 41.2 Å². The summed E-state index contributed by atoms with van der Waals surface area (Å²) in [5.74, 6) is -0.0518. The van der Waals surface area contributed by atoms with Crippen molar-refractivity contribution in [3.05, 3.63) is 68.3 Å². The molecule has 0 aliphatic carbocycles. The van der Waals surface area contributed by atoms with Gasteiger partial charge in [-0.3, -0.25) is 24.4 Å². The van der Waals surface area contributed by atoms with E-state index < -0.39 is 16.2 Å². The lowest BCUT2D eigenvalue weighted by molar-refractivity contribution is -0.386. The zero-order valence-electron chi connectivity index (χ0n) is 15.8. The van der Waals surface area contributed by atoms with E-state index in [2.05, 4.69) is 5.10 Å². The fraction of sp³-hybridized carbons (Fsp3) is 0.350. The van der Waals surface area contributed by atoms with E-state index in [-0.39, 0.29) is 17.7 Å². The Morgan fingerprint density at radius 2 is 1.97 bits per heavy atom. The fourth-order valence-electron chi connectivity index (χ4n) is 4.76. The second kappa shape index (κ2) is 6.26. The van der Waals surface area contributed by atoms with Gasteiger partial charge in [0.15, 0.2) is 5.69 Å². The van der Waals surface area contributed by atoms with Crippen molar-refractivity contribution >= 4 is 22.5 Å². The number of amides is 1. The molecule has 9 heteroatoms. The van der Waals surface area contributed by atoms with Crippen LogP contribution in [0.5, 0.6) is 0 Å². The molecule has 0 spiro atoms. The van der Waals surface area contributed by atoms with Crippen molar-refractivity contribution < 1.29 is 9.72 Å². The number of rotatable bonds is 2. The van der Waals surface area contributed by atoms with Gasteiger partial charge in [0.2, 0.25) is 0 Å². The lowest BCUT2D eigenvalue weighted by atomic mass is 9.83. The summed E-state index contributed by atoms with van der Waals surface area (Å²) in [7, 11) is 1.82. The number of likely N-dealkylation sites (tertiary alicyclic amines) is 1. The van der Waals surface area contributed by atoms with Crippen LogP contribution in [-0.2, 0) is 13.6 Å². The van der Waals surface area contributed by atoms with E-state index in [1.165, 1.54) is 10.6 Å². The average molecular weight is 393 g/mol. The average Bonchev–Trinajstić information content (AvgIpc) is 3.05. The first-order valence-corrected chi connectivity index (χ1v) is 9.53. The van der Waals surface area contributed by atoms with Crippen LogP contribution >= 0.6 is 0 Å². The minimum Gasteiger partial charge on any atom is -0.336 e. The van der Waals surface area contributed by atoms with Crippen molar-refractivity contribution in [2.75, 3.05) is 13.1 Å². The number of aromatic nitrogens is 3. The second-order valence-electron chi connectivity index (χ2n) is 7.81. The topological polar surface area (TPSA) is 103 Å². The molecule has 2 aromatic heterocycles. The normalized spacial score (nSPS) is 20.5. The smallest absolute Gasteiger partial charge is 0.334 e. The molecule has 2 unspecified atom stereocenters. The number of pyridine rings is 1. The summed E-state index contributed by atoms with van der Waals surface area (Å²) < 4.78 is 3.23. The molecule has 2 atom stereocenters. The SMILES string of the molecule is Cn1nc(C(=O)N2CC3CC(C2)c2ccc([N+](=O)[O-])c(=O)n2C3)c2ccccc21. The molecule has 0 N–H and O–H groups in total. The molecule has 1 fully saturated rings. The van der Waals surface area contributed by atoms with Gasteiger partial charge in [0.25, 0.3) is 5.91 Å². The van der Waals surface area contributed by atoms with Gasteiger partial charge in [-0.1, -0.05) is 18.2 Å². The first-order valence-electron chi connectivity index (χ1n) is 9.53. The maximum atomic E-state index is 13.3. The largest absolute Gasteiger partial charge is 0.336 e. The van der Waals surface area contributed by atoms with Gasteiger partial charge in [-0.15, -0.1) is 0 Å². The maximum absolute atomic E-state index is 13.3. The van der Waals surface area contributed by atoms with E-state index >= 15 is 0 Å². The van der Waals surface area contributed by atoms with Crippen LogP contribution in [-0.4, -0.2) is 43.2 Å². The first-order chi connectivity index (χ1) is 13.9. The predicted molar refractivity (Wildman–Crippen MR) is 105 cm³/mol. The Morgan fingerprint density at radius 1 is 1.17 bits per heavy atom. The Kier molecular flexibility index (Phi) is 3.80. The van der Waals surface area contributed by atoms with Gasteiger partial charge in [-0.05, 0) is 24.5 Å². The van der Waals surface area contributed by atoms with E-state index in [1.807, 2.05) is 36.2 Å². The number of hydrogen-bond donors (Lipinski definition) is 0. The third-order valence-electron chi connectivity index (χ3n) is 6.03. The summed E-state index contributed by atoms with van der Waals surface area (Å²) >= 11 is 0. The molecule has 2 aliphatic rings. The van der Waals surface area contributed by atoms with Crippen molar-refractivity contribution in [1.29, 1.82) is 0 Å². The minimum absolute atomic E-state index is 0.0186. The summed E-state index contributed by atoms with van der Waals surface area (Å²) in [6, 6.07) is 10.6. The number of piperidine rings is 1. The molecule has 0 saturated carbocycles. The van der Waals surface area contributed by atoms with Crippen LogP contribution < -0.4 is 5.56 Å². The molecule has 0 radical (unpaired) electrons. The molecule has 2 aliphatic heterocycles. The zero-order chi connectivity index (χ0) is 20.3. The summed E-state index contributed by atoms with van der Waals surface area (Å²) in [4.78, 5) is 38.0. The van der Waals surface area contributed by atoms with E-state index in [4.69, 9.17) is 0 Å². The highest BCUT2D eigenvalue weighted by Gasteiger charge is 2.38. The number of hydrogen-bond acceptors (Lipinski definition) is 5. The van der Waals surface area contributed by atoms with E-state index in [9.17, 15) is 19.7 Å². The summed E-state index contributed by atoms with van der Waals surface area (Å²) in [5.41, 5.74) is 1.14. The van der Waals surface area contributed by atoms with Crippen LogP contribution in [0.25, 0.3) is 10.9 Å². The van der Waals surface area contributed by atoms with Crippen molar-refractivity contribution in [3.8, 4) is 0 Å². The quantitative estimate of drug-likeness (QED) is 0.489. The molecule has 5 rings (SSSR count). The Balaban J connectivity index is 1.49. The molecule has 9 nitrogen and oxygen atoms in total. The van der Waals surface area contributed by atoms with Gasteiger partial charge >= 0.3 is 11.2 Å². The Bertz CT molecular complexity index is 1230. The number of para-hydroxylation sites is 1. The number of nitrogens with zero attached hydrogens (tertiary/aromatic N) is 5. The van der Waals surface area contributed by atoms with Gasteiger partial charge in [0.1, 0.15) is 0 Å². The van der Waals surface area contributed by atoms with Gasteiger partial charge in [0, 0.05) is 49.7 Å². The van der Waals surface area contributed by atoms with Gasteiger partial charge in [-0.25, -0.2) is 0 Å². The highest BCUT2D eigenvalue weighted by atomic mass is 16.6. The third-order valence-corrected chi connectivity index (χ3v) is 6.03. The minimum atomic E-state index is -0.637. The molecular formula is C20H19N5O4. The van der Waals surface area contributed by atoms with Crippen molar-refractivity contribution in [1.82, 2.24) is 19.2 Å². The standard InChI is InChI=1S/C20H19N5O4/c1-22-16-5-3-2-4-14(16)18(21-22)20(27)23-9-12-8-13(11-23)15-6-7-17(25(28)29)19(26)24(15)10-12/h2-7,12-13H,8-11H2,1H3. The summed E-state index contributed by atoms with van der Waals surface area (Å²) in [5, 5.41) is 16.4. The van der Waals surface area contributed by atoms with Crippen LogP contribution in [0.2, 0.25) is 0 Å². The lowest BCUT2D eigenvalue weighted by Gasteiger charge is -2.42. The zero-order valence-corrected chi connectivity index (χ0v) is 15.8. The highest BCUT2D eigenvalue weighted by molar-refractivity contribution is 6.04. The van der Waals surface area contributed by atoms with Gasteiger partial charge in [-0.2, -0.15) is 5.10 Å². The molecule has 1 aromatic carbocycles. The summed E-state index contributed by atoms with van der Waals surface area (Å²) in [6.07, 6.45) is 0.865. The lowest BCUT2D eigenvalue weighted by Crippen LogP contribution is -2.49. The molecule has 3 aromatic rings. The van der Waals surface area contributed by atoms with Gasteiger partial charge < -0.3 is 9.47 Å². The number of carbonyl (C=O) groups excluding carboxylic acids is 1. The molecule has 148 valence electrons. The molecule has 2 bridgehead atoms. The first kappa shape index (κ1) is 17.6. The number of benzene rings is 1. The molecule has 29 heavy (non-hydrogen) atoms. The van der Waals surface area contributed by atoms with Crippen LogP contribution in [0.1, 0.15) is 28.5 Å². The number of aryl methyl sites for hydroxylation is 1. The molecular weight excluding hydrogens is 374 g/mol. The molecule has 1 amide bonds. The Hall–Kier alpha value is -3.49. The number of carbonyl (C=O) groups is 1. The fourth-order valence-corrected chi connectivity index (χ4v) is 4.76. The monoisotopic (exact) mass is 393 g/mol. The molecule has 4 heterocycles. The number of nitro groups is 1. The van der Waals surface area contributed by atoms with E-state index in [1.54, 1.807) is 10.7 Å². The van der Waals surface area contributed by atoms with Crippen LogP contribution in [0, 0.1) is 16.0 Å². The van der Waals surface area contributed by atoms with Gasteiger partial charge in [0.05, 0.1) is 10.4 Å². The van der Waals surface area contributed by atoms with E-state index in [0.29, 0.717) is 25.3 Å². The van der Waals surface area contributed by atoms with Crippen LogP contribution in [0.3, 0.4) is 0 Å². The Morgan fingerprint density at radius 3 is 2.76 bits per heavy atom. The van der Waals surface area contributed by atoms with Crippen LogP contribution in [0.4, 0.5) is 5.69 Å². The highest BCUT2D eigenvalue weighted by Crippen LogP contribution is 2.36. The molecule has 1 saturated heterocycles. The van der Waals surface area contributed by atoms with Crippen molar-refractivity contribution in [2.45, 2.75) is 18.9 Å². The Labute approximate surface area is 165 Å². The maximum Gasteiger partial charge on any atom is 0.334 e. The number of fused-ring (bicyclic) bond motifs is 5. The second-order valence-corrected chi connectivity index (χ2v) is 7.81. The van der Waals surface area contributed by atoms with Crippen molar-refractivity contribution in [2.24, 2.45) is 13.0 Å². The third kappa shape index (κ3) is 2.65. The summed E-state index contributed by atoms with van der Waals surface area (Å²) in [6.45, 7) is 1.37. The van der Waals surface area contributed by atoms with Crippen molar-refractivity contribution in [3.63, 3.8) is 0 Å². The predicted octanol–water partition coefficient (Wildman–Crippen LogP) is 1.90.